The summed E-state index contributed by atoms with van der Waals surface area (Å²) in [6.45, 7) is 5.56. The van der Waals surface area contributed by atoms with Gasteiger partial charge in [0.1, 0.15) is 5.56 Å². The molecule has 1 heterocycles. The van der Waals surface area contributed by atoms with E-state index in [9.17, 15) is 14.7 Å². The molecule has 18 heavy (non-hydrogen) atoms. The maximum absolute atomic E-state index is 11.8. The van der Waals surface area contributed by atoms with Crippen molar-refractivity contribution < 1.29 is 9.90 Å². The molecule has 5 nitrogen and oxygen atoms in total. The van der Waals surface area contributed by atoms with Gasteiger partial charge in [0, 0.05) is 18.4 Å². The molecule has 1 amide bonds. The Bertz CT molecular complexity index is 497. The fraction of sp³-hybridized carbons (Fsp3) is 0.500. The molecule has 0 bridgehead atoms. The van der Waals surface area contributed by atoms with Crippen molar-refractivity contribution in [3.8, 4) is 0 Å². The fourth-order valence-corrected chi connectivity index (χ4v) is 1.62. The van der Waals surface area contributed by atoms with E-state index in [0.29, 0.717) is 10.2 Å². The van der Waals surface area contributed by atoms with Crippen LogP contribution in [0.5, 0.6) is 0 Å². The number of amides is 1. The summed E-state index contributed by atoms with van der Waals surface area (Å²) in [5, 5.41) is 12.1. The molecule has 0 saturated heterocycles. The molecule has 1 rings (SSSR count). The molecule has 0 aliphatic heterocycles. The van der Waals surface area contributed by atoms with E-state index in [2.05, 4.69) is 26.2 Å². The van der Waals surface area contributed by atoms with Crippen LogP contribution < -0.4 is 10.7 Å². The molecule has 0 spiro atoms. The molecular weight excluding hydrogens is 300 g/mol. The fourth-order valence-electron chi connectivity index (χ4n) is 1.29. The van der Waals surface area contributed by atoms with Gasteiger partial charge in [-0.2, -0.15) is 0 Å². The van der Waals surface area contributed by atoms with Gasteiger partial charge in [-0.05, 0) is 28.8 Å². The van der Waals surface area contributed by atoms with Crippen LogP contribution in [0, 0.1) is 12.8 Å². The van der Waals surface area contributed by atoms with Gasteiger partial charge in [-0.3, -0.25) is 9.59 Å². The summed E-state index contributed by atoms with van der Waals surface area (Å²) >= 11 is 3.13. The minimum atomic E-state index is -0.623. The molecular formula is C12H17BrN2O3. The van der Waals surface area contributed by atoms with E-state index in [1.807, 2.05) is 13.8 Å². The number of aromatic amines is 1. The van der Waals surface area contributed by atoms with Crippen LogP contribution >= 0.6 is 15.9 Å². The highest BCUT2D eigenvalue weighted by Gasteiger charge is 2.16. The van der Waals surface area contributed by atoms with Crippen LogP contribution in [0.1, 0.15) is 29.9 Å². The molecule has 1 aromatic rings. The number of H-pyrrole nitrogens is 1. The van der Waals surface area contributed by atoms with Crippen LogP contribution in [0.4, 0.5) is 0 Å². The highest BCUT2D eigenvalue weighted by molar-refractivity contribution is 9.10. The Hall–Kier alpha value is -1.14. The Balaban J connectivity index is 2.80. The smallest absolute Gasteiger partial charge is 0.256 e. The lowest BCUT2D eigenvalue weighted by Crippen LogP contribution is -2.37. The molecule has 1 unspecified atom stereocenters. The van der Waals surface area contributed by atoms with Crippen molar-refractivity contribution in [3.63, 3.8) is 0 Å². The topological polar surface area (TPSA) is 82.2 Å². The van der Waals surface area contributed by atoms with Crippen molar-refractivity contribution in [2.45, 2.75) is 26.9 Å². The number of nitrogens with one attached hydrogen (secondary N) is 2. The number of rotatable bonds is 4. The number of hydrogen-bond acceptors (Lipinski definition) is 3. The molecule has 3 N–H and O–H groups in total. The Morgan fingerprint density at radius 1 is 1.56 bits per heavy atom. The number of aromatic nitrogens is 1. The molecule has 0 fully saturated rings. The van der Waals surface area contributed by atoms with E-state index < -0.39 is 12.0 Å². The summed E-state index contributed by atoms with van der Waals surface area (Å²) in [7, 11) is 0. The van der Waals surface area contributed by atoms with Gasteiger partial charge in [0.25, 0.3) is 5.91 Å². The zero-order valence-electron chi connectivity index (χ0n) is 10.6. The number of aliphatic hydroxyl groups excluding tert-OH is 1. The molecule has 0 aliphatic rings. The van der Waals surface area contributed by atoms with Crippen LogP contribution in [0.15, 0.2) is 15.5 Å². The second kappa shape index (κ2) is 6.15. The highest BCUT2D eigenvalue weighted by atomic mass is 79.9. The molecule has 0 radical (unpaired) electrons. The predicted molar refractivity (Wildman–Crippen MR) is 72.7 cm³/mol. The minimum Gasteiger partial charge on any atom is -0.391 e. The first-order valence-electron chi connectivity index (χ1n) is 5.68. The SMILES string of the molecule is Cc1[nH]cc(C(=O)NCC(O)C(C)C)c(=O)c1Br. The van der Waals surface area contributed by atoms with Crippen molar-refractivity contribution in [1.82, 2.24) is 10.3 Å². The first-order valence-corrected chi connectivity index (χ1v) is 6.48. The maximum atomic E-state index is 11.8. The Morgan fingerprint density at radius 2 is 2.17 bits per heavy atom. The summed E-state index contributed by atoms with van der Waals surface area (Å²) in [5.41, 5.74) is 0.338. The second-order valence-corrected chi connectivity index (χ2v) is 5.28. The van der Waals surface area contributed by atoms with E-state index in [-0.39, 0.29) is 23.5 Å². The summed E-state index contributed by atoms with van der Waals surface area (Å²) < 4.78 is 0.347. The van der Waals surface area contributed by atoms with Crippen LogP contribution in [-0.4, -0.2) is 28.6 Å². The van der Waals surface area contributed by atoms with Crippen molar-refractivity contribution in [3.05, 3.63) is 32.2 Å². The lowest BCUT2D eigenvalue weighted by atomic mass is 10.1. The Kier molecular flexibility index (Phi) is 5.10. The summed E-state index contributed by atoms with van der Waals surface area (Å²) in [4.78, 5) is 26.4. The molecule has 6 heteroatoms. The summed E-state index contributed by atoms with van der Waals surface area (Å²) in [5.74, 6) is -0.440. The van der Waals surface area contributed by atoms with Crippen molar-refractivity contribution in [2.75, 3.05) is 6.54 Å². The van der Waals surface area contributed by atoms with E-state index in [1.54, 1.807) is 6.92 Å². The second-order valence-electron chi connectivity index (χ2n) is 4.49. The molecule has 0 saturated carbocycles. The number of halogens is 1. The molecule has 0 aromatic carbocycles. The van der Waals surface area contributed by atoms with Gasteiger partial charge in [0.2, 0.25) is 5.43 Å². The average molecular weight is 317 g/mol. The van der Waals surface area contributed by atoms with Gasteiger partial charge < -0.3 is 15.4 Å². The van der Waals surface area contributed by atoms with Gasteiger partial charge in [0.05, 0.1) is 10.6 Å². The standard InChI is InChI=1S/C12H17BrN2O3/c1-6(2)9(16)5-15-12(18)8-4-14-7(3)10(13)11(8)17/h4,6,9,16H,5H2,1-3H3,(H,14,17)(H,15,18). The largest absolute Gasteiger partial charge is 0.391 e. The lowest BCUT2D eigenvalue weighted by Gasteiger charge is -2.15. The zero-order valence-corrected chi connectivity index (χ0v) is 12.2. The number of aryl methyl sites for hydroxylation is 1. The number of aliphatic hydroxyl groups is 1. The average Bonchev–Trinajstić information content (AvgIpc) is 2.32. The normalized spacial score (nSPS) is 12.6. The quantitative estimate of drug-likeness (QED) is 0.780. The Morgan fingerprint density at radius 3 is 2.72 bits per heavy atom. The monoisotopic (exact) mass is 316 g/mol. The third-order valence-electron chi connectivity index (χ3n) is 2.69. The van der Waals surface area contributed by atoms with E-state index in [4.69, 9.17) is 0 Å². The first kappa shape index (κ1) is 14.9. The number of carbonyl (C=O) groups excluding carboxylic acids is 1. The molecule has 1 atom stereocenters. The van der Waals surface area contributed by atoms with Gasteiger partial charge >= 0.3 is 0 Å². The van der Waals surface area contributed by atoms with Crippen LogP contribution in [0.2, 0.25) is 0 Å². The van der Waals surface area contributed by atoms with Crippen molar-refractivity contribution >= 4 is 21.8 Å². The third kappa shape index (κ3) is 3.43. The van der Waals surface area contributed by atoms with Crippen molar-refractivity contribution in [2.24, 2.45) is 5.92 Å². The first-order chi connectivity index (χ1) is 8.34. The molecule has 0 aliphatic carbocycles. The zero-order chi connectivity index (χ0) is 13.9. The molecule has 100 valence electrons. The van der Waals surface area contributed by atoms with Gasteiger partial charge in [-0.25, -0.2) is 0 Å². The van der Waals surface area contributed by atoms with Gasteiger partial charge in [-0.1, -0.05) is 13.8 Å². The van der Waals surface area contributed by atoms with Crippen LogP contribution in [0.25, 0.3) is 0 Å². The van der Waals surface area contributed by atoms with E-state index >= 15 is 0 Å². The van der Waals surface area contributed by atoms with E-state index in [0.717, 1.165) is 0 Å². The van der Waals surface area contributed by atoms with Crippen molar-refractivity contribution in [1.29, 1.82) is 0 Å². The maximum Gasteiger partial charge on any atom is 0.256 e. The number of carbonyl (C=O) groups is 1. The Labute approximate surface area is 114 Å². The molecule has 1 aromatic heterocycles. The number of pyridine rings is 1. The number of hydrogen-bond donors (Lipinski definition) is 3. The minimum absolute atomic E-state index is 0.0310. The third-order valence-corrected chi connectivity index (χ3v) is 3.65. The van der Waals surface area contributed by atoms with Gasteiger partial charge in [-0.15, -0.1) is 0 Å². The van der Waals surface area contributed by atoms with Crippen LogP contribution in [0.3, 0.4) is 0 Å². The van der Waals surface area contributed by atoms with E-state index in [1.165, 1.54) is 6.20 Å². The van der Waals surface area contributed by atoms with Crippen LogP contribution in [-0.2, 0) is 0 Å². The summed E-state index contributed by atoms with van der Waals surface area (Å²) in [6.07, 6.45) is 0.751. The predicted octanol–water partition coefficient (Wildman–Crippen LogP) is 1.19. The highest BCUT2D eigenvalue weighted by Crippen LogP contribution is 2.08. The van der Waals surface area contributed by atoms with Gasteiger partial charge in [0.15, 0.2) is 0 Å². The summed E-state index contributed by atoms with van der Waals surface area (Å²) in [6, 6.07) is 0. The lowest BCUT2D eigenvalue weighted by molar-refractivity contribution is 0.0870.